The third kappa shape index (κ3) is 6.81. The highest BCUT2D eigenvalue weighted by molar-refractivity contribution is 7.88. The third-order valence-corrected chi connectivity index (χ3v) is 9.30. The molecule has 5 atom stereocenters. The second-order valence-electron chi connectivity index (χ2n) is 11.0. The van der Waals surface area contributed by atoms with E-state index in [1.807, 2.05) is 0 Å². The summed E-state index contributed by atoms with van der Waals surface area (Å²) in [5.41, 5.74) is 3.92. The Morgan fingerprint density at radius 3 is 2.53 bits per heavy atom. The van der Waals surface area contributed by atoms with Crippen molar-refractivity contribution in [2.75, 3.05) is 12.9 Å². The summed E-state index contributed by atoms with van der Waals surface area (Å²) in [6, 6.07) is 9.58. The molecule has 10 nitrogen and oxygen atoms in total. The Labute approximate surface area is 259 Å². The molecule has 0 spiro atoms. The molecule has 0 radical (unpaired) electrons. The molecule has 3 N–H and O–H groups in total. The van der Waals surface area contributed by atoms with Gasteiger partial charge in [-0.1, -0.05) is 78.5 Å². The number of halogens is 2. The van der Waals surface area contributed by atoms with Crippen LogP contribution in [0.4, 0.5) is 0 Å². The van der Waals surface area contributed by atoms with E-state index in [9.17, 15) is 27.9 Å². The van der Waals surface area contributed by atoms with Crippen LogP contribution in [0.3, 0.4) is 0 Å². The number of carboxylic acids is 1. The first-order chi connectivity index (χ1) is 20.4. The molecular weight excluding hydrogens is 617 g/mol. The Hall–Kier alpha value is -3.22. The molecule has 3 aliphatic rings. The van der Waals surface area contributed by atoms with Crippen molar-refractivity contribution in [2.45, 2.75) is 49.7 Å². The number of hydroxylamine groups is 1. The molecule has 43 heavy (non-hydrogen) atoms. The van der Waals surface area contributed by atoms with Crippen molar-refractivity contribution in [1.29, 1.82) is 0 Å². The molecule has 0 bridgehead atoms. The fraction of sp³-hybridized carbons (Fsp3) is 0.367. The Balaban J connectivity index is 1.55. The van der Waals surface area contributed by atoms with Crippen molar-refractivity contribution in [2.24, 2.45) is 5.92 Å². The number of benzene rings is 2. The lowest BCUT2D eigenvalue weighted by molar-refractivity contribution is -0.138. The zero-order valence-electron chi connectivity index (χ0n) is 23.2. The molecule has 13 heteroatoms. The number of amides is 2. The Bertz CT molecular complexity index is 1610. The highest BCUT2D eigenvalue weighted by Gasteiger charge is 2.49. The Morgan fingerprint density at radius 1 is 1.09 bits per heavy atom. The van der Waals surface area contributed by atoms with Gasteiger partial charge in [0, 0.05) is 33.6 Å². The molecule has 2 aromatic rings. The number of carbonyl (C=O) groups excluding carboxylic acids is 2. The van der Waals surface area contributed by atoms with Crippen molar-refractivity contribution in [3.05, 3.63) is 93.0 Å². The van der Waals surface area contributed by atoms with E-state index in [2.05, 4.69) is 10.2 Å². The van der Waals surface area contributed by atoms with Crippen molar-refractivity contribution < 1.29 is 32.7 Å². The number of carbonyl (C=O) groups is 3. The molecule has 0 aromatic heterocycles. The van der Waals surface area contributed by atoms with E-state index in [4.69, 9.17) is 28.0 Å². The van der Waals surface area contributed by atoms with Crippen LogP contribution in [0.15, 0.2) is 66.3 Å². The van der Waals surface area contributed by atoms with Gasteiger partial charge in [0.25, 0.3) is 11.8 Å². The lowest BCUT2D eigenvalue weighted by Gasteiger charge is -2.49. The average molecular weight is 649 g/mol. The van der Waals surface area contributed by atoms with Crippen LogP contribution in [0.2, 0.25) is 10.0 Å². The molecule has 228 valence electrons. The highest BCUT2D eigenvalue weighted by atomic mass is 35.5. The SMILES string of the molecule is CS(=O)(=O)N[C@H]1CCCC[C@@H]1N1C(=O)c2ccccc2[C@@H](C(=O)NOCC2C=CC(C(=O)O)=C2)[C@@H]1c1ccc(Cl)cc1Cl. The summed E-state index contributed by atoms with van der Waals surface area (Å²) in [5.74, 6) is -3.28. The Kier molecular flexibility index (Phi) is 9.29. The van der Waals surface area contributed by atoms with Gasteiger partial charge in [-0.2, -0.15) is 0 Å². The van der Waals surface area contributed by atoms with Gasteiger partial charge in [0.2, 0.25) is 10.0 Å². The molecule has 2 aromatic carbocycles. The molecule has 1 fully saturated rings. The van der Waals surface area contributed by atoms with Crippen molar-refractivity contribution in [3.8, 4) is 0 Å². The summed E-state index contributed by atoms with van der Waals surface area (Å²) in [7, 11) is -3.61. The van der Waals surface area contributed by atoms with E-state index in [-0.39, 0.29) is 29.0 Å². The largest absolute Gasteiger partial charge is 0.478 e. The van der Waals surface area contributed by atoms with Gasteiger partial charge in [0.1, 0.15) is 0 Å². The maximum Gasteiger partial charge on any atom is 0.335 e. The minimum absolute atomic E-state index is 0.00855. The molecule has 1 aliphatic heterocycles. The molecule has 2 amide bonds. The van der Waals surface area contributed by atoms with Crippen LogP contribution in [-0.2, 0) is 24.4 Å². The summed E-state index contributed by atoms with van der Waals surface area (Å²) in [4.78, 5) is 46.7. The maximum absolute atomic E-state index is 14.3. The van der Waals surface area contributed by atoms with Crippen molar-refractivity contribution >= 4 is 51.0 Å². The first-order valence-electron chi connectivity index (χ1n) is 13.8. The molecule has 2 aliphatic carbocycles. The smallest absolute Gasteiger partial charge is 0.335 e. The molecule has 5 rings (SSSR count). The predicted octanol–water partition coefficient (Wildman–Crippen LogP) is 4.38. The zero-order chi connectivity index (χ0) is 30.9. The van der Waals surface area contributed by atoms with Gasteiger partial charge in [0.15, 0.2) is 0 Å². The van der Waals surface area contributed by atoms with Gasteiger partial charge in [0.05, 0.1) is 30.4 Å². The summed E-state index contributed by atoms with van der Waals surface area (Å²) in [5, 5.41) is 9.82. The van der Waals surface area contributed by atoms with Gasteiger partial charge < -0.3 is 10.0 Å². The summed E-state index contributed by atoms with van der Waals surface area (Å²) >= 11 is 12.9. The first-order valence-corrected chi connectivity index (χ1v) is 16.5. The fourth-order valence-electron chi connectivity index (χ4n) is 6.22. The normalized spacial score (nSPS) is 25.3. The minimum atomic E-state index is -3.61. The summed E-state index contributed by atoms with van der Waals surface area (Å²) < 4.78 is 27.4. The Morgan fingerprint density at radius 2 is 1.84 bits per heavy atom. The monoisotopic (exact) mass is 647 g/mol. The van der Waals surface area contributed by atoms with Gasteiger partial charge in [-0.15, -0.1) is 0 Å². The van der Waals surface area contributed by atoms with E-state index in [0.717, 1.165) is 19.1 Å². The number of sulfonamides is 1. The summed E-state index contributed by atoms with van der Waals surface area (Å²) in [6.07, 6.45) is 8.33. The molecule has 1 heterocycles. The van der Waals surface area contributed by atoms with E-state index >= 15 is 0 Å². The van der Waals surface area contributed by atoms with Crippen LogP contribution in [0.5, 0.6) is 0 Å². The van der Waals surface area contributed by atoms with E-state index in [0.29, 0.717) is 34.6 Å². The summed E-state index contributed by atoms with van der Waals surface area (Å²) in [6.45, 7) is -0.00855. The van der Waals surface area contributed by atoms with Crippen molar-refractivity contribution in [3.63, 3.8) is 0 Å². The van der Waals surface area contributed by atoms with Crippen LogP contribution in [-0.4, -0.2) is 61.2 Å². The van der Waals surface area contributed by atoms with E-state index in [1.165, 1.54) is 12.2 Å². The predicted molar refractivity (Wildman–Crippen MR) is 161 cm³/mol. The van der Waals surface area contributed by atoms with Gasteiger partial charge in [-0.3, -0.25) is 14.4 Å². The van der Waals surface area contributed by atoms with Gasteiger partial charge in [-0.05, 0) is 42.2 Å². The number of rotatable bonds is 9. The number of hydrogen-bond donors (Lipinski definition) is 3. The number of nitrogens with one attached hydrogen (secondary N) is 2. The van der Waals surface area contributed by atoms with E-state index < -0.39 is 45.9 Å². The highest BCUT2D eigenvalue weighted by Crippen LogP contribution is 2.47. The number of fused-ring (bicyclic) bond motifs is 1. The van der Waals surface area contributed by atoms with Crippen LogP contribution >= 0.6 is 23.2 Å². The number of hydrogen-bond acceptors (Lipinski definition) is 6. The molecular formula is C30H31Cl2N3O7S. The lowest BCUT2D eigenvalue weighted by atomic mass is 9.76. The number of nitrogens with zero attached hydrogens (tertiary/aromatic N) is 1. The third-order valence-electron chi connectivity index (χ3n) is 8.00. The average Bonchev–Trinajstić information content (AvgIpc) is 3.42. The first kappa shape index (κ1) is 31.2. The van der Waals surface area contributed by atoms with Gasteiger partial charge in [-0.25, -0.2) is 23.4 Å². The quantitative estimate of drug-likeness (QED) is 0.343. The van der Waals surface area contributed by atoms with Crippen LogP contribution in [0, 0.1) is 5.92 Å². The fourth-order valence-corrected chi connectivity index (χ4v) is 7.56. The molecule has 0 saturated heterocycles. The number of aliphatic carboxylic acids is 1. The van der Waals surface area contributed by atoms with Crippen LogP contribution in [0.25, 0.3) is 0 Å². The minimum Gasteiger partial charge on any atom is -0.478 e. The van der Waals surface area contributed by atoms with E-state index in [1.54, 1.807) is 53.4 Å². The van der Waals surface area contributed by atoms with Crippen molar-refractivity contribution in [1.82, 2.24) is 15.1 Å². The zero-order valence-corrected chi connectivity index (χ0v) is 25.5. The lowest BCUT2D eigenvalue weighted by Crippen LogP contribution is -2.59. The topological polar surface area (TPSA) is 142 Å². The number of carboxylic acid groups (broad SMARTS) is 1. The maximum atomic E-state index is 14.3. The van der Waals surface area contributed by atoms with Gasteiger partial charge >= 0.3 is 5.97 Å². The standard InChI is InChI=1S/C30H31Cl2N3O7S/c1-43(40,41)34-24-8-4-5-9-25(24)35-27(22-13-12-19(31)15-23(22)32)26(20-6-2-3-7-21(20)29(35)37)28(36)33-42-16-17-10-11-18(14-17)30(38)39/h2-3,6-7,10-15,17,24-27,34H,4-5,8-9,16H2,1H3,(H,33,36)(H,38,39)/t17?,24-,25-,26+,27-/m0/s1. The van der Waals surface area contributed by atoms with Crippen LogP contribution in [0.1, 0.15) is 59.1 Å². The molecule has 1 unspecified atom stereocenters. The molecule has 1 saturated carbocycles. The second kappa shape index (κ2) is 12.8. The second-order valence-corrected chi connectivity index (χ2v) is 13.6. The van der Waals surface area contributed by atoms with Crippen LogP contribution < -0.4 is 10.2 Å².